The average molecular weight is 251 g/mol. The smallest absolute Gasteiger partial charge is 0.167 e. The van der Waals surface area contributed by atoms with Crippen molar-refractivity contribution in [2.45, 2.75) is 13.3 Å². The van der Waals surface area contributed by atoms with Crippen molar-refractivity contribution in [3.05, 3.63) is 28.0 Å². The monoisotopic (exact) mass is 251 g/mol. The van der Waals surface area contributed by atoms with Gasteiger partial charge >= 0.3 is 0 Å². The standard InChI is InChI=1S/C13H17NO2S/c1-10(15)12(9-11-5-4-8-17-11)13(16)6-7-14(2)3/h4-5,8-9H,6-7H2,1-3H3/b12-9-. The Morgan fingerprint density at radius 2 is 2.12 bits per heavy atom. The van der Waals surface area contributed by atoms with Crippen LogP contribution in [0.2, 0.25) is 0 Å². The first kappa shape index (κ1) is 13.8. The Hall–Kier alpha value is -1.26. The van der Waals surface area contributed by atoms with Gasteiger partial charge in [0.05, 0.1) is 5.57 Å². The summed E-state index contributed by atoms with van der Waals surface area (Å²) in [6.45, 7) is 2.10. The number of hydrogen-bond donors (Lipinski definition) is 0. The second-order valence-electron chi connectivity index (χ2n) is 4.11. The molecule has 0 saturated heterocycles. The second kappa shape index (κ2) is 6.47. The fraction of sp³-hybridized carbons (Fsp3) is 0.385. The molecule has 0 fully saturated rings. The zero-order valence-corrected chi connectivity index (χ0v) is 11.2. The summed E-state index contributed by atoms with van der Waals surface area (Å²) in [5, 5.41) is 1.92. The third-order valence-corrected chi connectivity index (χ3v) is 3.11. The van der Waals surface area contributed by atoms with Gasteiger partial charge in [-0.25, -0.2) is 0 Å². The molecule has 0 atom stereocenters. The van der Waals surface area contributed by atoms with Gasteiger partial charge in [-0.15, -0.1) is 11.3 Å². The van der Waals surface area contributed by atoms with Crippen LogP contribution < -0.4 is 0 Å². The van der Waals surface area contributed by atoms with Gasteiger partial charge in [-0.3, -0.25) is 9.59 Å². The number of Topliss-reactive ketones (excluding diaryl/α,β-unsaturated/α-hetero) is 2. The zero-order valence-electron chi connectivity index (χ0n) is 10.4. The number of nitrogens with zero attached hydrogens (tertiary/aromatic N) is 1. The van der Waals surface area contributed by atoms with E-state index in [1.807, 2.05) is 36.5 Å². The Balaban J connectivity index is 2.79. The Labute approximate surface area is 106 Å². The highest BCUT2D eigenvalue weighted by atomic mass is 32.1. The van der Waals surface area contributed by atoms with Gasteiger partial charge in [0.2, 0.25) is 0 Å². The van der Waals surface area contributed by atoms with E-state index in [0.717, 1.165) is 4.88 Å². The van der Waals surface area contributed by atoms with Gasteiger partial charge in [-0.05, 0) is 38.5 Å². The quantitative estimate of drug-likeness (QED) is 0.442. The van der Waals surface area contributed by atoms with Crippen molar-refractivity contribution in [2.24, 2.45) is 0 Å². The summed E-state index contributed by atoms with van der Waals surface area (Å²) in [7, 11) is 3.81. The molecule has 17 heavy (non-hydrogen) atoms. The molecule has 1 rings (SSSR count). The van der Waals surface area contributed by atoms with Crippen LogP contribution in [0.3, 0.4) is 0 Å². The number of carbonyl (C=O) groups is 2. The maximum atomic E-state index is 11.9. The van der Waals surface area contributed by atoms with Crippen LogP contribution in [-0.2, 0) is 9.59 Å². The molecule has 0 saturated carbocycles. The normalized spacial score (nSPS) is 11.9. The first-order valence-electron chi connectivity index (χ1n) is 5.44. The molecule has 0 bridgehead atoms. The minimum atomic E-state index is -0.165. The zero-order chi connectivity index (χ0) is 12.8. The van der Waals surface area contributed by atoms with Crippen LogP contribution in [0.1, 0.15) is 18.2 Å². The van der Waals surface area contributed by atoms with Crippen LogP contribution in [0.4, 0.5) is 0 Å². The Morgan fingerprint density at radius 3 is 2.59 bits per heavy atom. The molecule has 0 aromatic carbocycles. The first-order chi connectivity index (χ1) is 8.00. The SMILES string of the molecule is CC(=O)/C(=C/c1cccs1)C(=O)CCN(C)C. The predicted molar refractivity (Wildman–Crippen MR) is 71.2 cm³/mol. The van der Waals surface area contributed by atoms with Gasteiger partial charge in [-0.2, -0.15) is 0 Å². The number of thiophene rings is 1. The average Bonchev–Trinajstić information content (AvgIpc) is 2.74. The summed E-state index contributed by atoms with van der Waals surface area (Å²) in [4.78, 5) is 26.2. The molecule has 1 heterocycles. The van der Waals surface area contributed by atoms with Gasteiger partial charge < -0.3 is 4.90 Å². The van der Waals surface area contributed by atoms with Crippen LogP contribution in [0.15, 0.2) is 23.1 Å². The van der Waals surface area contributed by atoms with Crippen molar-refractivity contribution in [1.29, 1.82) is 0 Å². The van der Waals surface area contributed by atoms with E-state index < -0.39 is 0 Å². The van der Waals surface area contributed by atoms with Gasteiger partial charge in [-0.1, -0.05) is 6.07 Å². The fourth-order valence-electron chi connectivity index (χ4n) is 1.35. The molecule has 0 amide bonds. The van der Waals surface area contributed by atoms with E-state index in [1.165, 1.54) is 18.3 Å². The van der Waals surface area contributed by atoms with Crippen LogP contribution in [0.5, 0.6) is 0 Å². The van der Waals surface area contributed by atoms with Crippen molar-refractivity contribution >= 4 is 29.0 Å². The van der Waals surface area contributed by atoms with Crippen LogP contribution in [0.25, 0.3) is 6.08 Å². The van der Waals surface area contributed by atoms with Crippen molar-refractivity contribution in [3.63, 3.8) is 0 Å². The van der Waals surface area contributed by atoms with Gasteiger partial charge in [0.25, 0.3) is 0 Å². The lowest BCUT2D eigenvalue weighted by Crippen LogP contribution is -2.19. The van der Waals surface area contributed by atoms with E-state index in [0.29, 0.717) is 18.5 Å². The molecule has 0 aliphatic heterocycles. The van der Waals surface area contributed by atoms with E-state index in [-0.39, 0.29) is 11.6 Å². The fourth-order valence-corrected chi connectivity index (χ4v) is 2.01. The number of rotatable bonds is 6. The second-order valence-corrected chi connectivity index (χ2v) is 5.09. The molecule has 1 aromatic heterocycles. The third-order valence-electron chi connectivity index (χ3n) is 2.30. The first-order valence-corrected chi connectivity index (χ1v) is 6.32. The van der Waals surface area contributed by atoms with E-state index in [2.05, 4.69) is 0 Å². The summed E-state index contributed by atoms with van der Waals surface area (Å²) in [5.74, 6) is -0.248. The molecule has 0 unspecified atom stereocenters. The van der Waals surface area contributed by atoms with E-state index in [9.17, 15) is 9.59 Å². The minimum Gasteiger partial charge on any atom is -0.309 e. The molecular weight excluding hydrogens is 234 g/mol. The molecule has 92 valence electrons. The Bertz CT molecular complexity index is 419. The highest BCUT2D eigenvalue weighted by molar-refractivity contribution is 7.10. The molecule has 0 radical (unpaired) electrons. The summed E-state index contributed by atoms with van der Waals surface area (Å²) in [6.07, 6.45) is 2.06. The molecule has 0 aliphatic rings. The molecule has 3 nitrogen and oxygen atoms in total. The number of hydrogen-bond acceptors (Lipinski definition) is 4. The summed E-state index contributed by atoms with van der Waals surface area (Å²) >= 11 is 1.52. The summed E-state index contributed by atoms with van der Waals surface area (Å²) < 4.78 is 0. The van der Waals surface area contributed by atoms with Gasteiger partial charge in [0.15, 0.2) is 11.6 Å². The van der Waals surface area contributed by atoms with Gasteiger partial charge in [0.1, 0.15) is 0 Å². The van der Waals surface area contributed by atoms with Crippen LogP contribution in [0, 0.1) is 0 Å². The summed E-state index contributed by atoms with van der Waals surface area (Å²) in [6, 6.07) is 3.80. The minimum absolute atomic E-state index is 0.0837. The highest BCUT2D eigenvalue weighted by Gasteiger charge is 2.14. The molecular formula is C13H17NO2S. The van der Waals surface area contributed by atoms with E-state index in [1.54, 1.807) is 6.08 Å². The number of ketones is 2. The Kier molecular flexibility index (Phi) is 5.25. The lowest BCUT2D eigenvalue weighted by atomic mass is 10.0. The topological polar surface area (TPSA) is 37.4 Å². The predicted octanol–water partition coefficient (Wildman–Crippen LogP) is 2.24. The molecule has 1 aromatic rings. The van der Waals surface area contributed by atoms with Crippen molar-refractivity contribution < 1.29 is 9.59 Å². The molecule has 4 heteroatoms. The van der Waals surface area contributed by atoms with Gasteiger partial charge in [0, 0.05) is 17.8 Å². The molecule has 0 spiro atoms. The van der Waals surface area contributed by atoms with Crippen molar-refractivity contribution in [2.75, 3.05) is 20.6 Å². The lowest BCUT2D eigenvalue weighted by Gasteiger charge is -2.08. The van der Waals surface area contributed by atoms with Crippen LogP contribution >= 0.6 is 11.3 Å². The lowest BCUT2D eigenvalue weighted by molar-refractivity contribution is -0.120. The molecule has 0 aliphatic carbocycles. The number of carbonyl (C=O) groups excluding carboxylic acids is 2. The number of allylic oxidation sites excluding steroid dienone is 1. The highest BCUT2D eigenvalue weighted by Crippen LogP contribution is 2.15. The van der Waals surface area contributed by atoms with E-state index >= 15 is 0 Å². The molecule has 0 N–H and O–H groups in total. The summed E-state index contributed by atoms with van der Waals surface area (Å²) in [5.41, 5.74) is 0.300. The van der Waals surface area contributed by atoms with Crippen molar-refractivity contribution in [1.82, 2.24) is 4.90 Å². The van der Waals surface area contributed by atoms with E-state index in [4.69, 9.17) is 0 Å². The third kappa shape index (κ3) is 4.63. The van der Waals surface area contributed by atoms with Crippen molar-refractivity contribution in [3.8, 4) is 0 Å². The Morgan fingerprint density at radius 1 is 1.41 bits per heavy atom. The van der Waals surface area contributed by atoms with Crippen LogP contribution in [-0.4, -0.2) is 37.1 Å². The largest absolute Gasteiger partial charge is 0.309 e. The maximum Gasteiger partial charge on any atom is 0.167 e. The maximum absolute atomic E-state index is 11.9.